The van der Waals surface area contributed by atoms with E-state index in [1.54, 1.807) is 12.1 Å². The van der Waals surface area contributed by atoms with Crippen molar-refractivity contribution in [3.63, 3.8) is 0 Å². The van der Waals surface area contributed by atoms with Gasteiger partial charge in [0.05, 0.1) is 12.1 Å². The van der Waals surface area contributed by atoms with Gasteiger partial charge in [-0.05, 0) is 31.4 Å². The maximum Gasteiger partial charge on any atom is 0.327 e. The van der Waals surface area contributed by atoms with Gasteiger partial charge in [0.25, 0.3) is 5.91 Å². The highest BCUT2D eigenvalue weighted by Crippen LogP contribution is 2.35. The molecule has 1 aliphatic heterocycles. The predicted octanol–water partition coefficient (Wildman–Crippen LogP) is 3.66. The van der Waals surface area contributed by atoms with Crippen molar-refractivity contribution in [2.24, 2.45) is 0 Å². The van der Waals surface area contributed by atoms with E-state index in [9.17, 15) is 9.59 Å². The molecule has 4 nitrogen and oxygen atoms in total. The van der Waals surface area contributed by atoms with E-state index in [1.807, 2.05) is 23.1 Å². The van der Waals surface area contributed by atoms with Crippen molar-refractivity contribution >= 4 is 27.9 Å². The zero-order chi connectivity index (χ0) is 15.5. The van der Waals surface area contributed by atoms with Gasteiger partial charge in [0, 0.05) is 17.4 Å². The fourth-order valence-electron chi connectivity index (χ4n) is 3.63. The topological polar surface area (TPSA) is 40.6 Å². The van der Waals surface area contributed by atoms with Crippen LogP contribution in [0, 0.1) is 0 Å². The summed E-state index contributed by atoms with van der Waals surface area (Å²) in [5, 5.41) is 0.876. The van der Waals surface area contributed by atoms with Gasteiger partial charge in [0.2, 0.25) is 0 Å². The molecule has 1 saturated heterocycles. The van der Waals surface area contributed by atoms with Gasteiger partial charge in [-0.15, -0.1) is 0 Å². The first-order valence-corrected chi connectivity index (χ1v) is 9.11. The molecule has 5 heteroatoms. The molecule has 2 unspecified atom stereocenters. The molecule has 0 bridgehead atoms. The van der Waals surface area contributed by atoms with Crippen LogP contribution in [0.25, 0.3) is 0 Å². The number of halogens is 1. The third-order valence-corrected chi connectivity index (χ3v) is 5.21. The second-order valence-corrected chi connectivity index (χ2v) is 6.77. The molecule has 2 aliphatic rings. The number of rotatable bonds is 4. The van der Waals surface area contributed by atoms with Gasteiger partial charge in [-0.3, -0.25) is 9.69 Å². The Morgan fingerprint density at radius 3 is 2.50 bits per heavy atom. The summed E-state index contributed by atoms with van der Waals surface area (Å²) >= 11 is 3.43. The lowest BCUT2D eigenvalue weighted by Gasteiger charge is -2.31. The maximum absolute atomic E-state index is 12.8. The van der Waals surface area contributed by atoms with Crippen LogP contribution < -0.4 is 0 Å². The fraction of sp³-hybridized carbons (Fsp3) is 0.529. The van der Waals surface area contributed by atoms with Gasteiger partial charge in [-0.25, -0.2) is 4.79 Å². The molecule has 1 saturated carbocycles. The van der Waals surface area contributed by atoms with Crippen LogP contribution in [0.15, 0.2) is 30.3 Å². The molecule has 1 aromatic carbocycles. The molecule has 2 atom stereocenters. The average Bonchev–Trinajstić information content (AvgIpc) is 2.85. The molecule has 1 aromatic rings. The van der Waals surface area contributed by atoms with E-state index >= 15 is 0 Å². The second-order valence-electron chi connectivity index (χ2n) is 5.98. The van der Waals surface area contributed by atoms with Gasteiger partial charge in [0.15, 0.2) is 0 Å². The summed E-state index contributed by atoms with van der Waals surface area (Å²) in [6, 6.07) is 9.28. The molecule has 3 amide bonds. The summed E-state index contributed by atoms with van der Waals surface area (Å²) in [5.41, 5.74) is 0.600. The van der Waals surface area contributed by atoms with E-state index in [2.05, 4.69) is 15.9 Å². The molecule has 1 heterocycles. The third kappa shape index (κ3) is 2.78. The minimum atomic E-state index is -0.149. The quantitative estimate of drug-likeness (QED) is 0.764. The number of hydrogen-bond donors (Lipinski definition) is 0. The van der Waals surface area contributed by atoms with Crippen molar-refractivity contribution in [3.8, 4) is 0 Å². The maximum atomic E-state index is 12.8. The standard InChI is InChI=1S/C17H21BrN2O2/c18-11-6-12-19-14-9-4-5-10-15(14)20(17(19)22)16(21)13-7-2-1-3-8-13/h1-3,7-8,14-15H,4-6,9-12H2. The molecule has 118 valence electrons. The van der Waals surface area contributed by atoms with E-state index in [-0.39, 0.29) is 24.0 Å². The fourth-order valence-corrected chi connectivity index (χ4v) is 3.88. The number of carbonyl (C=O) groups is 2. The van der Waals surface area contributed by atoms with E-state index in [1.165, 1.54) is 4.90 Å². The lowest BCUT2D eigenvalue weighted by molar-refractivity contribution is 0.0757. The van der Waals surface area contributed by atoms with Gasteiger partial charge in [0.1, 0.15) is 0 Å². The van der Waals surface area contributed by atoms with Crippen LogP contribution in [-0.2, 0) is 0 Å². The minimum absolute atomic E-state index is 0.0456. The Hall–Kier alpha value is -1.36. The Morgan fingerprint density at radius 1 is 1.14 bits per heavy atom. The molecular weight excluding hydrogens is 344 g/mol. The smallest absolute Gasteiger partial charge is 0.319 e. The van der Waals surface area contributed by atoms with Crippen molar-refractivity contribution in [2.45, 2.75) is 44.2 Å². The van der Waals surface area contributed by atoms with Crippen molar-refractivity contribution < 1.29 is 9.59 Å². The number of urea groups is 1. The largest absolute Gasteiger partial charge is 0.327 e. The summed E-state index contributed by atoms with van der Waals surface area (Å²) in [6.07, 6.45) is 5.10. The summed E-state index contributed by atoms with van der Waals surface area (Å²) in [5.74, 6) is -0.149. The van der Waals surface area contributed by atoms with Crippen molar-refractivity contribution in [1.29, 1.82) is 0 Å². The number of amides is 3. The number of carbonyl (C=O) groups excluding carboxylic acids is 2. The summed E-state index contributed by atoms with van der Waals surface area (Å²) in [6.45, 7) is 0.726. The van der Waals surface area contributed by atoms with E-state index in [0.717, 1.165) is 44.0 Å². The first kappa shape index (κ1) is 15.5. The van der Waals surface area contributed by atoms with Crippen LogP contribution in [0.3, 0.4) is 0 Å². The molecule has 0 N–H and O–H groups in total. The van der Waals surface area contributed by atoms with E-state index in [4.69, 9.17) is 0 Å². The minimum Gasteiger partial charge on any atom is -0.319 e. The summed E-state index contributed by atoms with van der Waals surface area (Å²) in [7, 11) is 0. The lowest BCUT2D eigenvalue weighted by Crippen LogP contribution is -2.42. The molecule has 0 spiro atoms. The van der Waals surface area contributed by atoms with Crippen LogP contribution in [0.5, 0.6) is 0 Å². The van der Waals surface area contributed by atoms with Crippen LogP contribution in [0.2, 0.25) is 0 Å². The first-order valence-electron chi connectivity index (χ1n) is 7.99. The Morgan fingerprint density at radius 2 is 1.82 bits per heavy atom. The number of fused-ring (bicyclic) bond motifs is 1. The number of hydrogen-bond acceptors (Lipinski definition) is 2. The van der Waals surface area contributed by atoms with Crippen molar-refractivity contribution in [2.75, 3.05) is 11.9 Å². The molecular formula is C17H21BrN2O2. The van der Waals surface area contributed by atoms with Crippen LogP contribution in [0.1, 0.15) is 42.5 Å². The van der Waals surface area contributed by atoms with Gasteiger partial charge in [-0.1, -0.05) is 47.0 Å². The Kier molecular flexibility index (Phi) is 4.81. The summed E-state index contributed by atoms with van der Waals surface area (Å²) in [4.78, 5) is 29.1. The van der Waals surface area contributed by atoms with Crippen molar-refractivity contribution in [1.82, 2.24) is 9.80 Å². The highest BCUT2D eigenvalue weighted by atomic mass is 79.9. The molecule has 0 radical (unpaired) electrons. The highest BCUT2D eigenvalue weighted by molar-refractivity contribution is 9.09. The number of imide groups is 1. The third-order valence-electron chi connectivity index (χ3n) is 4.65. The molecule has 1 aliphatic carbocycles. The van der Waals surface area contributed by atoms with Gasteiger partial charge < -0.3 is 4.90 Å². The normalized spacial score (nSPS) is 24.5. The first-order chi connectivity index (χ1) is 10.7. The Balaban J connectivity index is 1.86. The highest BCUT2D eigenvalue weighted by Gasteiger charge is 2.48. The van der Waals surface area contributed by atoms with Gasteiger partial charge in [-0.2, -0.15) is 0 Å². The molecule has 3 rings (SSSR count). The van der Waals surface area contributed by atoms with Crippen LogP contribution >= 0.6 is 15.9 Å². The Labute approximate surface area is 139 Å². The number of nitrogens with zero attached hydrogens (tertiary/aromatic N) is 2. The molecule has 0 aromatic heterocycles. The Bertz CT molecular complexity index is 549. The van der Waals surface area contributed by atoms with E-state index in [0.29, 0.717) is 5.56 Å². The lowest BCUT2D eigenvalue weighted by atomic mass is 9.90. The van der Waals surface area contributed by atoms with Crippen LogP contribution in [-0.4, -0.2) is 45.7 Å². The number of alkyl halides is 1. The predicted molar refractivity (Wildman–Crippen MR) is 89.2 cm³/mol. The average molecular weight is 365 g/mol. The zero-order valence-corrected chi connectivity index (χ0v) is 14.2. The van der Waals surface area contributed by atoms with Gasteiger partial charge >= 0.3 is 6.03 Å². The number of benzene rings is 1. The van der Waals surface area contributed by atoms with Crippen LogP contribution in [0.4, 0.5) is 4.79 Å². The SMILES string of the molecule is O=C(c1ccccc1)N1C(=O)N(CCCBr)C2CCCCC21. The summed E-state index contributed by atoms with van der Waals surface area (Å²) < 4.78 is 0. The molecule has 22 heavy (non-hydrogen) atoms. The second kappa shape index (κ2) is 6.82. The monoisotopic (exact) mass is 364 g/mol. The van der Waals surface area contributed by atoms with Crippen molar-refractivity contribution in [3.05, 3.63) is 35.9 Å². The van der Waals surface area contributed by atoms with E-state index < -0.39 is 0 Å². The zero-order valence-electron chi connectivity index (χ0n) is 12.6. The molecule has 2 fully saturated rings.